The lowest BCUT2D eigenvalue weighted by Crippen LogP contribution is -2.10. The first-order chi connectivity index (χ1) is 12.5. The number of fused-ring (bicyclic) bond motifs is 1. The first-order valence-corrected chi connectivity index (χ1v) is 8.39. The Balaban J connectivity index is 1.82. The van der Waals surface area contributed by atoms with Crippen LogP contribution >= 0.6 is 0 Å². The first-order valence-electron chi connectivity index (χ1n) is 8.39. The van der Waals surface area contributed by atoms with Gasteiger partial charge in [0.2, 0.25) is 0 Å². The van der Waals surface area contributed by atoms with Crippen molar-refractivity contribution >= 4 is 16.7 Å². The summed E-state index contributed by atoms with van der Waals surface area (Å²) in [6, 6.07) is 21.5. The lowest BCUT2D eigenvalue weighted by atomic mass is 10.00. The number of nitrogen functional groups attached to an aromatic ring is 1. The van der Waals surface area contributed by atoms with E-state index in [2.05, 4.69) is 36.2 Å². The molecule has 5 N–H and O–H groups in total. The quantitative estimate of drug-likeness (QED) is 0.319. The smallest absolute Gasteiger partial charge is 0.124 e. The van der Waals surface area contributed by atoms with Crippen LogP contribution in [0.15, 0.2) is 66.7 Å². The minimum Gasteiger partial charge on any atom is -0.507 e. The van der Waals surface area contributed by atoms with Gasteiger partial charge < -0.3 is 15.8 Å². The van der Waals surface area contributed by atoms with Crippen molar-refractivity contribution in [3.05, 3.63) is 77.9 Å². The summed E-state index contributed by atoms with van der Waals surface area (Å²) >= 11 is 0. The highest BCUT2D eigenvalue weighted by atomic mass is 16.3. The third kappa shape index (κ3) is 2.82. The first kappa shape index (κ1) is 16.0. The van der Waals surface area contributed by atoms with Crippen molar-refractivity contribution in [3.63, 3.8) is 0 Å². The second-order valence-corrected chi connectivity index (χ2v) is 6.50. The molecule has 0 aliphatic carbocycles. The molecular weight excluding hydrogens is 322 g/mol. The third-order valence-electron chi connectivity index (χ3n) is 4.60. The zero-order valence-corrected chi connectivity index (χ0v) is 14.4. The van der Waals surface area contributed by atoms with Crippen molar-refractivity contribution in [2.24, 2.45) is 5.73 Å². The summed E-state index contributed by atoms with van der Waals surface area (Å²) in [6.07, 6.45) is 0. The molecule has 0 fully saturated rings. The molecule has 3 aromatic carbocycles. The molecule has 4 aromatic rings. The van der Waals surface area contributed by atoms with Crippen LogP contribution in [0.3, 0.4) is 0 Å². The van der Waals surface area contributed by atoms with Crippen LogP contribution in [0.1, 0.15) is 11.1 Å². The van der Waals surface area contributed by atoms with E-state index in [9.17, 15) is 5.11 Å². The molecule has 0 radical (unpaired) electrons. The van der Waals surface area contributed by atoms with E-state index in [4.69, 9.17) is 11.1 Å². The maximum absolute atomic E-state index is 10.4. The summed E-state index contributed by atoms with van der Waals surface area (Å²) in [6.45, 7) is 2.06. The molecule has 0 saturated carbocycles. The van der Waals surface area contributed by atoms with Gasteiger partial charge in [0, 0.05) is 22.0 Å². The van der Waals surface area contributed by atoms with Crippen LogP contribution in [-0.4, -0.2) is 15.9 Å². The second kappa shape index (κ2) is 6.08. The number of aryl methyl sites for hydroxylation is 1. The number of aromatic hydroxyl groups is 1. The van der Waals surface area contributed by atoms with Gasteiger partial charge in [-0.1, -0.05) is 35.9 Å². The summed E-state index contributed by atoms with van der Waals surface area (Å²) < 4.78 is 0. The number of aromatic nitrogens is 1. The predicted molar refractivity (Wildman–Crippen MR) is 107 cm³/mol. The van der Waals surface area contributed by atoms with Crippen molar-refractivity contribution in [3.8, 4) is 28.1 Å². The number of phenols is 1. The van der Waals surface area contributed by atoms with Crippen LogP contribution in [0, 0.1) is 12.3 Å². The SMILES string of the molecule is Cc1ccc(-c2ccc(O)c(-c3cc4cc(C(=N)N)ccc4[nH]3)c2)cc1. The highest BCUT2D eigenvalue weighted by Gasteiger charge is 2.11. The number of benzene rings is 3. The van der Waals surface area contributed by atoms with E-state index in [0.717, 1.165) is 33.3 Å². The second-order valence-electron chi connectivity index (χ2n) is 6.50. The molecule has 0 unspecified atom stereocenters. The van der Waals surface area contributed by atoms with Crippen LogP contribution in [0.2, 0.25) is 0 Å². The van der Waals surface area contributed by atoms with Crippen molar-refractivity contribution in [1.29, 1.82) is 5.41 Å². The molecule has 1 heterocycles. The topological polar surface area (TPSA) is 85.9 Å². The molecule has 128 valence electrons. The summed E-state index contributed by atoms with van der Waals surface area (Å²) in [7, 11) is 0. The van der Waals surface area contributed by atoms with E-state index < -0.39 is 0 Å². The molecule has 0 aliphatic heterocycles. The Labute approximate surface area is 151 Å². The normalized spacial score (nSPS) is 11.0. The van der Waals surface area contributed by atoms with Gasteiger partial charge in [-0.05, 0) is 54.4 Å². The summed E-state index contributed by atoms with van der Waals surface area (Å²) in [5.74, 6) is 0.262. The lowest BCUT2D eigenvalue weighted by molar-refractivity contribution is 0.477. The Morgan fingerprint density at radius 2 is 1.65 bits per heavy atom. The summed E-state index contributed by atoms with van der Waals surface area (Å²) in [5, 5.41) is 18.9. The zero-order chi connectivity index (χ0) is 18.3. The number of aromatic amines is 1. The van der Waals surface area contributed by atoms with Gasteiger partial charge in [-0.3, -0.25) is 5.41 Å². The molecule has 4 heteroatoms. The largest absolute Gasteiger partial charge is 0.507 e. The number of hydrogen-bond acceptors (Lipinski definition) is 2. The molecule has 0 amide bonds. The third-order valence-corrected chi connectivity index (χ3v) is 4.60. The zero-order valence-electron chi connectivity index (χ0n) is 14.4. The van der Waals surface area contributed by atoms with E-state index in [-0.39, 0.29) is 11.6 Å². The monoisotopic (exact) mass is 341 g/mol. The molecule has 0 atom stereocenters. The van der Waals surface area contributed by atoms with E-state index >= 15 is 0 Å². The molecule has 4 nitrogen and oxygen atoms in total. The number of nitrogens with two attached hydrogens (primary N) is 1. The summed E-state index contributed by atoms with van der Waals surface area (Å²) in [5.41, 5.74) is 12.1. The van der Waals surface area contributed by atoms with Gasteiger partial charge in [0.05, 0.1) is 5.69 Å². The van der Waals surface area contributed by atoms with E-state index in [1.165, 1.54) is 5.56 Å². The fourth-order valence-corrected chi connectivity index (χ4v) is 3.12. The number of rotatable bonds is 3. The molecule has 26 heavy (non-hydrogen) atoms. The van der Waals surface area contributed by atoms with E-state index in [1.54, 1.807) is 6.07 Å². The van der Waals surface area contributed by atoms with Crippen LogP contribution in [0.4, 0.5) is 0 Å². The molecule has 0 aliphatic rings. The molecule has 0 spiro atoms. The highest BCUT2D eigenvalue weighted by molar-refractivity contribution is 5.99. The minimum atomic E-state index is 0.0406. The maximum Gasteiger partial charge on any atom is 0.124 e. The number of phenolic OH excluding ortho intramolecular Hbond substituents is 1. The average Bonchev–Trinajstić information content (AvgIpc) is 3.05. The fraction of sp³-hybridized carbons (Fsp3) is 0.0455. The minimum absolute atomic E-state index is 0.0406. The molecule has 4 rings (SSSR count). The van der Waals surface area contributed by atoms with Gasteiger partial charge >= 0.3 is 0 Å². The molecular formula is C22H19N3O. The van der Waals surface area contributed by atoms with E-state index in [1.807, 2.05) is 36.4 Å². The van der Waals surface area contributed by atoms with Crippen molar-refractivity contribution in [2.75, 3.05) is 0 Å². The van der Waals surface area contributed by atoms with Crippen molar-refractivity contribution in [2.45, 2.75) is 6.92 Å². The van der Waals surface area contributed by atoms with E-state index in [0.29, 0.717) is 5.56 Å². The van der Waals surface area contributed by atoms with Gasteiger partial charge in [0.1, 0.15) is 11.6 Å². The van der Waals surface area contributed by atoms with Crippen LogP contribution in [-0.2, 0) is 0 Å². The Morgan fingerprint density at radius 1 is 0.923 bits per heavy atom. The van der Waals surface area contributed by atoms with Gasteiger partial charge in [0.15, 0.2) is 0 Å². The predicted octanol–water partition coefficient (Wildman–Crippen LogP) is 4.80. The van der Waals surface area contributed by atoms with Crippen molar-refractivity contribution in [1.82, 2.24) is 4.98 Å². The van der Waals surface area contributed by atoms with Gasteiger partial charge in [0.25, 0.3) is 0 Å². The number of nitrogens with one attached hydrogen (secondary N) is 2. The molecule has 1 aromatic heterocycles. The van der Waals surface area contributed by atoms with Gasteiger partial charge in [-0.15, -0.1) is 0 Å². The van der Waals surface area contributed by atoms with Crippen LogP contribution in [0.5, 0.6) is 5.75 Å². The maximum atomic E-state index is 10.4. The Morgan fingerprint density at radius 3 is 2.38 bits per heavy atom. The number of amidine groups is 1. The molecule has 0 bridgehead atoms. The Hall–Kier alpha value is -3.53. The fourth-order valence-electron chi connectivity index (χ4n) is 3.12. The van der Waals surface area contributed by atoms with Gasteiger partial charge in [-0.2, -0.15) is 0 Å². The number of H-pyrrole nitrogens is 1. The van der Waals surface area contributed by atoms with Gasteiger partial charge in [-0.25, -0.2) is 0 Å². The molecule has 0 saturated heterocycles. The Kier molecular flexibility index (Phi) is 3.73. The average molecular weight is 341 g/mol. The number of hydrogen-bond donors (Lipinski definition) is 4. The lowest BCUT2D eigenvalue weighted by Gasteiger charge is -2.07. The summed E-state index contributed by atoms with van der Waals surface area (Å²) in [4.78, 5) is 3.34. The van der Waals surface area contributed by atoms with Crippen LogP contribution in [0.25, 0.3) is 33.3 Å². The van der Waals surface area contributed by atoms with Crippen molar-refractivity contribution < 1.29 is 5.11 Å². The highest BCUT2D eigenvalue weighted by Crippen LogP contribution is 2.35. The standard InChI is InChI=1S/C22H19N3O/c1-13-2-4-14(5-3-13)15-7-9-21(26)18(11-15)20-12-17-10-16(22(23)24)6-8-19(17)25-20/h2-12,25-26H,1H3,(H3,23,24). The van der Waals surface area contributed by atoms with Crippen LogP contribution < -0.4 is 5.73 Å². The Bertz CT molecular complexity index is 1120.